The second kappa shape index (κ2) is 6.07. The van der Waals surface area contributed by atoms with Crippen LogP contribution in [0.25, 0.3) is 0 Å². The Hall–Kier alpha value is -1.26. The molecular weight excluding hydrogens is 273 g/mol. The molecule has 2 aromatic rings. The number of aromatic nitrogens is 1. The summed E-state index contributed by atoms with van der Waals surface area (Å²) >= 11 is 7.29. The minimum atomic E-state index is -0.744. The lowest BCUT2D eigenvalue weighted by molar-refractivity contribution is 0.604. The fourth-order valence-electron chi connectivity index (χ4n) is 1.46. The third-order valence-corrected chi connectivity index (χ3v) is 3.63. The van der Waals surface area contributed by atoms with Crippen molar-refractivity contribution in [3.8, 4) is 0 Å². The van der Waals surface area contributed by atoms with Gasteiger partial charge in [0.15, 0.2) is 5.82 Å². The smallest absolute Gasteiger partial charge is 0.284 e. The third-order valence-electron chi connectivity index (χ3n) is 2.40. The Morgan fingerprint density at radius 3 is 2.67 bits per heavy atom. The summed E-state index contributed by atoms with van der Waals surface area (Å²) in [5.41, 5.74) is 0.494. The fraction of sp³-hybridized carbons (Fsp3) is 0.154. The second-order valence-corrected chi connectivity index (χ2v) is 5.34. The Morgan fingerprint density at radius 2 is 2.00 bits per heavy atom. The Morgan fingerprint density at radius 1 is 1.28 bits per heavy atom. The number of aryl methyl sites for hydroxylation is 1. The summed E-state index contributed by atoms with van der Waals surface area (Å²) in [6.45, 7) is 0. The summed E-state index contributed by atoms with van der Waals surface area (Å²) in [6.07, 6.45) is 2.39. The van der Waals surface area contributed by atoms with Crippen LogP contribution >= 0.6 is 23.4 Å². The molecule has 2 nitrogen and oxygen atoms in total. The molecule has 0 fully saturated rings. The molecule has 0 unspecified atom stereocenters. The number of nitrogens with one attached hydrogen (secondary N) is 1. The van der Waals surface area contributed by atoms with E-state index in [1.165, 1.54) is 29.6 Å². The van der Waals surface area contributed by atoms with Crippen molar-refractivity contribution in [2.24, 2.45) is 0 Å². The van der Waals surface area contributed by atoms with Crippen molar-refractivity contribution >= 4 is 23.4 Å². The van der Waals surface area contributed by atoms with Crippen LogP contribution in [0.4, 0.5) is 4.39 Å². The quantitative estimate of drug-likeness (QED) is 0.871. The van der Waals surface area contributed by atoms with Crippen LogP contribution in [0.2, 0.25) is 5.02 Å². The average Bonchev–Trinajstić information content (AvgIpc) is 2.36. The number of hydrogen-bond acceptors (Lipinski definition) is 2. The monoisotopic (exact) mass is 283 g/mol. The number of hydrogen-bond donors (Lipinski definition) is 1. The van der Waals surface area contributed by atoms with E-state index in [4.69, 9.17) is 11.6 Å². The first-order valence-electron chi connectivity index (χ1n) is 5.40. The van der Waals surface area contributed by atoms with E-state index in [2.05, 4.69) is 4.98 Å². The summed E-state index contributed by atoms with van der Waals surface area (Å²) in [6, 6.07) is 8.89. The van der Waals surface area contributed by atoms with E-state index in [-0.39, 0.29) is 0 Å². The van der Waals surface area contributed by atoms with Gasteiger partial charge in [0.25, 0.3) is 5.56 Å². The molecular formula is C13H11ClFNOS. The summed E-state index contributed by atoms with van der Waals surface area (Å²) in [4.78, 5) is 13.9. The highest BCUT2D eigenvalue weighted by Crippen LogP contribution is 2.18. The Bertz CT molecular complexity index is 582. The molecule has 2 rings (SSSR count). The highest BCUT2D eigenvalue weighted by Gasteiger charge is 2.01. The molecule has 0 aliphatic carbocycles. The van der Waals surface area contributed by atoms with Gasteiger partial charge in [0, 0.05) is 21.9 Å². The normalized spacial score (nSPS) is 10.6. The number of benzene rings is 1. The second-order valence-electron chi connectivity index (χ2n) is 3.74. The first-order valence-corrected chi connectivity index (χ1v) is 6.77. The minimum absolute atomic E-state index is 0.683. The van der Waals surface area contributed by atoms with Gasteiger partial charge in [-0.2, -0.15) is 0 Å². The molecule has 1 aromatic heterocycles. The fourth-order valence-corrected chi connectivity index (χ4v) is 2.49. The maximum absolute atomic E-state index is 13.0. The number of aromatic amines is 1. The molecule has 0 aliphatic rings. The molecule has 1 N–H and O–H groups in total. The van der Waals surface area contributed by atoms with Crippen LogP contribution in [0.3, 0.4) is 0 Å². The van der Waals surface area contributed by atoms with Crippen LogP contribution in [0.1, 0.15) is 5.56 Å². The van der Waals surface area contributed by atoms with Crippen LogP contribution in [0.15, 0.2) is 46.2 Å². The first kappa shape index (κ1) is 13.2. The molecule has 1 aromatic carbocycles. The van der Waals surface area contributed by atoms with E-state index in [9.17, 15) is 9.18 Å². The van der Waals surface area contributed by atoms with Crippen LogP contribution in [0, 0.1) is 5.82 Å². The van der Waals surface area contributed by atoms with Gasteiger partial charge in [-0.1, -0.05) is 23.7 Å². The maximum atomic E-state index is 13.0. The van der Waals surface area contributed by atoms with E-state index in [0.29, 0.717) is 5.02 Å². The topological polar surface area (TPSA) is 32.9 Å². The van der Waals surface area contributed by atoms with Gasteiger partial charge in [-0.3, -0.25) is 4.79 Å². The molecule has 0 radical (unpaired) electrons. The predicted molar refractivity (Wildman–Crippen MR) is 72.9 cm³/mol. The number of rotatable bonds is 4. The van der Waals surface area contributed by atoms with E-state index in [1.54, 1.807) is 0 Å². The molecule has 0 saturated heterocycles. The largest absolute Gasteiger partial charge is 0.325 e. The van der Waals surface area contributed by atoms with Gasteiger partial charge >= 0.3 is 0 Å². The predicted octanol–water partition coefficient (Wildman–Crippen LogP) is 3.50. The van der Waals surface area contributed by atoms with Crippen molar-refractivity contribution < 1.29 is 4.39 Å². The zero-order valence-corrected chi connectivity index (χ0v) is 11.0. The van der Waals surface area contributed by atoms with Gasteiger partial charge < -0.3 is 4.98 Å². The van der Waals surface area contributed by atoms with Crippen LogP contribution < -0.4 is 5.56 Å². The van der Waals surface area contributed by atoms with Crippen molar-refractivity contribution in [1.29, 1.82) is 0 Å². The summed E-state index contributed by atoms with van der Waals surface area (Å²) in [5, 5.41) is 0.717. The van der Waals surface area contributed by atoms with Gasteiger partial charge in [0.05, 0.1) is 0 Å². The minimum Gasteiger partial charge on any atom is -0.325 e. The molecule has 0 amide bonds. The summed E-state index contributed by atoms with van der Waals surface area (Å²) < 4.78 is 13.0. The molecule has 0 aliphatic heterocycles. The lowest BCUT2D eigenvalue weighted by atomic mass is 10.2. The van der Waals surface area contributed by atoms with Gasteiger partial charge in [-0.05, 0) is 30.2 Å². The number of H-pyrrole nitrogens is 1. The standard InChI is InChI=1S/C13H11ClFNOS/c14-10-3-1-9(2-4-10)5-6-18-11-7-12(15)13(17)16-8-11/h1-4,7-8H,5-6H2,(H,16,17). The summed E-state index contributed by atoms with van der Waals surface area (Å²) in [5.74, 6) is 0.0686. The van der Waals surface area contributed by atoms with Crippen molar-refractivity contribution in [3.05, 3.63) is 63.3 Å². The lowest BCUT2D eigenvalue weighted by Crippen LogP contribution is -2.09. The van der Waals surface area contributed by atoms with Gasteiger partial charge in [0.2, 0.25) is 0 Å². The van der Waals surface area contributed by atoms with Gasteiger partial charge in [-0.15, -0.1) is 11.8 Å². The SMILES string of the molecule is O=c1[nH]cc(SCCc2ccc(Cl)cc2)cc1F. The molecule has 5 heteroatoms. The molecule has 1 heterocycles. The Kier molecular flexibility index (Phi) is 4.44. The van der Waals surface area contributed by atoms with Crippen LogP contribution in [-0.4, -0.2) is 10.7 Å². The molecule has 0 bridgehead atoms. The summed E-state index contributed by atoms with van der Waals surface area (Å²) in [7, 11) is 0. The van der Waals surface area contributed by atoms with E-state index < -0.39 is 11.4 Å². The Labute approximate surface area is 113 Å². The van der Waals surface area contributed by atoms with E-state index in [0.717, 1.165) is 17.1 Å². The van der Waals surface area contributed by atoms with Gasteiger partial charge in [0.1, 0.15) is 0 Å². The molecule has 0 saturated carbocycles. The van der Waals surface area contributed by atoms with Crippen molar-refractivity contribution in [2.45, 2.75) is 11.3 Å². The molecule has 18 heavy (non-hydrogen) atoms. The number of pyridine rings is 1. The average molecular weight is 284 g/mol. The van der Waals surface area contributed by atoms with Gasteiger partial charge in [-0.25, -0.2) is 4.39 Å². The highest BCUT2D eigenvalue weighted by atomic mass is 35.5. The van der Waals surface area contributed by atoms with Crippen LogP contribution in [0.5, 0.6) is 0 Å². The zero-order chi connectivity index (χ0) is 13.0. The Balaban J connectivity index is 1.90. The molecule has 0 spiro atoms. The van der Waals surface area contributed by atoms with Crippen molar-refractivity contribution in [1.82, 2.24) is 4.98 Å². The van der Waals surface area contributed by atoms with Crippen molar-refractivity contribution in [3.63, 3.8) is 0 Å². The van der Waals surface area contributed by atoms with E-state index >= 15 is 0 Å². The molecule has 94 valence electrons. The lowest BCUT2D eigenvalue weighted by Gasteiger charge is -2.02. The number of halogens is 2. The molecule has 0 atom stereocenters. The van der Waals surface area contributed by atoms with Crippen LogP contribution in [-0.2, 0) is 6.42 Å². The van der Waals surface area contributed by atoms with Crippen molar-refractivity contribution in [2.75, 3.05) is 5.75 Å². The first-order chi connectivity index (χ1) is 8.65. The maximum Gasteiger partial charge on any atom is 0.284 e. The van der Waals surface area contributed by atoms with E-state index in [1.807, 2.05) is 24.3 Å². The highest BCUT2D eigenvalue weighted by molar-refractivity contribution is 7.99. The zero-order valence-electron chi connectivity index (χ0n) is 9.45. The third kappa shape index (κ3) is 3.62. The number of thioether (sulfide) groups is 1.